The Balaban J connectivity index is 1.85. The predicted octanol–water partition coefficient (Wildman–Crippen LogP) is 3.17. The number of thiophene rings is 1. The van der Waals surface area contributed by atoms with Gasteiger partial charge in [-0.25, -0.2) is 4.79 Å². The Morgan fingerprint density at radius 2 is 1.80 bits per heavy atom. The van der Waals surface area contributed by atoms with Crippen molar-refractivity contribution < 1.29 is 24.2 Å². The summed E-state index contributed by atoms with van der Waals surface area (Å²) in [5.41, 5.74) is 0.338. The van der Waals surface area contributed by atoms with Gasteiger partial charge in [-0.15, -0.1) is 11.3 Å². The van der Waals surface area contributed by atoms with Gasteiger partial charge in [0.15, 0.2) is 0 Å². The molecule has 7 heteroatoms. The van der Waals surface area contributed by atoms with Crippen LogP contribution < -0.4 is 5.32 Å². The van der Waals surface area contributed by atoms with Crippen molar-refractivity contribution in [1.82, 2.24) is 0 Å². The topological polar surface area (TPSA) is 92.7 Å². The Bertz CT molecular complexity index is 690. The summed E-state index contributed by atoms with van der Waals surface area (Å²) in [6.07, 6.45) is 4.33. The monoisotopic (exact) mass is 365 g/mol. The van der Waals surface area contributed by atoms with Crippen LogP contribution >= 0.6 is 11.3 Å². The minimum Gasteiger partial charge on any atom is -0.481 e. The van der Waals surface area contributed by atoms with Gasteiger partial charge < -0.3 is 15.2 Å². The van der Waals surface area contributed by atoms with Crippen molar-refractivity contribution >= 4 is 34.2 Å². The van der Waals surface area contributed by atoms with Crippen molar-refractivity contribution in [1.29, 1.82) is 0 Å². The van der Waals surface area contributed by atoms with Crippen LogP contribution in [0.5, 0.6) is 0 Å². The van der Waals surface area contributed by atoms with Gasteiger partial charge in [0.2, 0.25) is 5.91 Å². The van der Waals surface area contributed by atoms with E-state index in [4.69, 9.17) is 4.74 Å². The zero-order valence-corrected chi connectivity index (χ0v) is 15.2. The van der Waals surface area contributed by atoms with Crippen molar-refractivity contribution in [2.24, 2.45) is 23.7 Å². The highest BCUT2D eigenvalue weighted by Gasteiger charge is 2.50. The van der Waals surface area contributed by atoms with Crippen molar-refractivity contribution in [2.75, 3.05) is 12.4 Å². The van der Waals surface area contributed by atoms with E-state index in [1.165, 1.54) is 18.4 Å². The first kappa shape index (κ1) is 17.9. The normalized spacial score (nSPS) is 27.8. The summed E-state index contributed by atoms with van der Waals surface area (Å²) in [6.45, 7) is 1.97. The van der Waals surface area contributed by atoms with Gasteiger partial charge in [-0.3, -0.25) is 9.59 Å². The number of nitrogens with one attached hydrogen (secondary N) is 1. The maximum atomic E-state index is 12.9. The number of rotatable bonds is 5. The van der Waals surface area contributed by atoms with Gasteiger partial charge in [-0.2, -0.15) is 0 Å². The molecular formula is C18H23NO5S. The molecule has 0 saturated heterocycles. The first-order valence-electron chi connectivity index (χ1n) is 8.70. The average molecular weight is 365 g/mol. The quantitative estimate of drug-likeness (QED) is 0.782. The number of aryl methyl sites for hydroxylation is 1. The summed E-state index contributed by atoms with van der Waals surface area (Å²) in [7, 11) is 1.30. The van der Waals surface area contributed by atoms with Crippen LogP contribution in [0, 0.1) is 23.7 Å². The molecular weight excluding hydrogens is 342 g/mol. The van der Waals surface area contributed by atoms with Gasteiger partial charge in [0.1, 0.15) is 5.00 Å². The Hall–Kier alpha value is -1.89. The van der Waals surface area contributed by atoms with Crippen LogP contribution in [-0.4, -0.2) is 30.1 Å². The third kappa shape index (κ3) is 3.29. The minimum atomic E-state index is -0.886. The fourth-order valence-electron chi connectivity index (χ4n) is 4.35. The SMILES string of the molecule is CCc1cc(C(=O)OC)c(NC(=O)[C@@H]2C3CCC(CC3)[C@@H]2C(=O)O)s1. The molecule has 4 rings (SSSR count). The van der Waals surface area contributed by atoms with Gasteiger partial charge in [0.25, 0.3) is 0 Å². The zero-order valence-electron chi connectivity index (χ0n) is 14.4. The van der Waals surface area contributed by atoms with Gasteiger partial charge in [0.05, 0.1) is 24.5 Å². The lowest BCUT2D eigenvalue weighted by Gasteiger charge is -2.45. The van der Waals surface area contributed by atoms with Crippen LogP contribution in [-0.2, 0) is 20.7 Å². The van der Waals surface area contributed by atoms with Gasteiger partial charge >= 0.3 is 11.9 Å². The lowest BCUT2D eigenvalue weighted by atomic mass is 9.58. The molecule has 1 aromatic rings. The molecule has 0 aromatic carbocycles. The first-order valence-corrected chi connectivity index (χ1v) is 9.52. The molecule has 3 aliphatic carbocycles. The third-order valence-electron chi connectivity index (χ3n) is 5.58. The number of carboxylic acids is 1. The summed E-state index contributed by atoms with van der Waals surface area (Å²) in [6, 6.07) is 1.73. The lowest BCUT2D eigenvalue weighted by Crippen LogP contribution is -2.49. The Morgan fingerprint density at radius 3 is 2.32 bits per heavy atom. The lowest BCUT2D eigenvalue weighted by molar-refractivity contribution is -0.156. The third-order valence-corrected chi connectivity index (χ3v) is 6.78. The fourth-order valence-corrected chi connectivity index (χ4v) is 5.34. The predicted molar refractivity (Wildman–Crippen MR) is 93.7 cm³/mol. The molecule has 0 radical (unpaired) electrons. The molecule has 1 aromatic heterocycles. The minimum absolute atomic E-state index is 0.0767. The standard InChI is InChI=1S/C18H23NO5S/c1-3-11-8-12(18(23)24-2)16(25-11)19-15(20)13-9-4-6-10(7-5-9)14(13)17(21)22/h8-10,13-14H,3-7H2,1-2H3,(H,19,20)(H,21,22)/t9?,10?,13-,14+/m1/s1. The van der Waals surface area contributed by atoms with Crippen molar-refractivity contribution in [3.63, 3.8) is 0 Å². The number of hydrogen-bond acceptors (Lipinski definition) is 5. The summed E-state index contributed by atoms with van der Waals surface area (Å²) >= 11 is 1.34. The van der Waals surface area contributed by atoms with Crippen LogP contribution in [0.3, 0.4) is 0 Å². The van der Waals surface area contributed by atoms with E-state index in [-0.39, 0.29) is 17.7 Å². The smallest absolute Gasteiger partial charge is 0.340 e. The Kier molecular flexibility index (Phi) is 5.13. The van der Waals surface area contributed by atoms with E-state index in [0.717, 1.165) is 37.0 Å². The van der Waals surface area contributed by atoms with E-state index in [1.807, 2.05) is 6.92 Å². The van der Waals surface area contributed by atoms with Gasteiger partial charge in [-0.05, 0) is 50.0 Å². The second-order valence-corrected chi connectivity index (χ2v) is 7.99. The van der Waals surface area contributed by atoms with Gasteiger partial charge in [-0.1, -0.05) is 6.92 Å². The number of methoxy groups -OCH3 is 1. The first-order chi connectivity index (χ1) is 12.0. The number of amides is 1. The number of carbonyl (C=O) groups excluding carboxylic acids is 2. The largest absolute Gasteiger partial charge is 0.481 e. The molecule has 2 bridgehead atoms. The summed E-state index contributed by atoms with van der Waals surface area (Å²) in [5, 5.41) is 12.9. The van der Waals surface area contributed by atoms with Gasteiger partial charge in [0, 0.05) is 4.88 Å². The molecule has 0 spiro atoms. The van der Waals surface area contributed by atoms with Crippen LogP contribution in [0.2, 0.25) is 0 Å². The van der Waals surface area contributed by atoms with E-state index in [2.05, 4.69) is 5.32 Å². The van der Waals surface area contributed by atoms with Crippen LogP contribution in [0.15, 0.2) is 6.07 Å². The van der Waals surface area contributed by atoms with Crippen LogP contribution in [0.25, 0.3) is 0 Å². The number of ether oxygens (including phenoxy) is 1. The molecule has 3 saturated carbocycles. The number of carbonyl (C=O) groups is 3. The van der Waals surface area contributed by atoms with Crippen molar-refractivity contribution in [3.05, 3.63) is 16.5 Å². The zero-order chi connectivity index (χ0) is 18.1. The number of hydrogen-bond donors (Lipinski definition) is 2. The molecule has 0 aliphatic heterocycles. The fraction of sp³-hybridized carbons (Fsp3) is 0.611. The molecule has 136 valence electrons. The van der Waals surface area contributed by atoms with Crippen LogP contribution in [0.4, 0.5) is 5.00 Å². The Labute approximate surface area is 150 Å². The van der Waals surface area contributed by atoms with E-state index < -0.39 is 23.8 Å². The van der Waals surface area contributed by atoms with Crippen LogP contribution in [0.1, 0.15) is 47.8 Å². The number of anilines is 1. The van der Waals surface area contributed by atoms with Crippen molar-refractivity contribution in [3.8, 4) is 0 Å². The summed E-state index contributed by atoms with van der Waals surface area (Å²) < 4.78 is 4.79. The molecule has 2 N–H and O–H groups in total. The number of aliphatic carboxylic acids is 1. The molecule has 1 amide bonds. The van der Waals surface area contributed by atoms with Crippen molar-refractivity contribution in [2.45, 2.75) is 39.0 Å². The van der Waals surface area contributed by atoms with E-state index >= 15 is 0 Å². The maximum Gasteiger partial charge on any atom is 0.340 e. The molecule has 2 atom stereocenters. The van der Waals surface area contributed by atoms with E-state index in [0.29, 0.717) is 10.6 Å². The summed E-state index contributed by atoms with van der Waals surface area (Å²) in [5.74, 6) is -2.63. The summed E-state index contributed by atoms with van der Waals surface area (Å²) in [4.78, 5) is 37.6. The maximum absolute atomic E-state index is 12.9. The number of esters is 1. The molecule has 0 unspecified atom stereocenters. The molecule has 3 aliphatic rings. The molecule has 6 nitrogen and oxygen atoms in total. The highest BCUT2D eigenvalue weighted by atomic mass is 32.1. The highest BCUT2D eigenvalue weighted by Crippen LogP contribution is 2.49. The number of fused-ring (bicyclic) bond motifs is 3. The second kappa shape index (κ2) is 7.15. The molecule has 25 heavy (non-hydrogen) atoms. The van der Waals surface area contributed by atoms with E-state index in [1.54, 1.807) is 6.07 Å². The second-order valence-electron chi connectivity index (χ2n) is 6.85. The van der Waals surface area contributed by atoms with E-state index in [9.17, 15) is 19.5 Å². The highest BCUT2D eigenvalue weighted by molar-refractivity contribution is 7.16. The Morgan fingerprint density at radius 1 is 1.20 bits per heavy atom. The number of carboxylic acid groups (broad SMARTS) is 1. The average Bonchev–Trinajstić information content (AvgIpc) is 3.03. The molecule has 3 fully saturated rings. The molecule has 1 heterocycles.